The van der Waals surface area contributed by atoms with Crippen LogP contribution in [0, 0.1) is 6.92 Å². The van der Waals surface area contributed by atoms with Crippen LogP contribution in [0.4, 0.5) is 5.69 Å². The van der Waals surface area contributed by atoms with Gasteiger partial charge in [-0.15, -0.1) is 0 Å². The summed E-state index contributed by atoms with van der Waals surface area (Å²) in [4.78, 5) is 19.6. The van der Waals surface area contributed by atoms with Gasteiger partial charge in [-0.3, -0.25) is 9.69 Å². The van der Waals surface area contributed by atoms with E-state index in [0.717, 1.165) is 28.1 Å². The van der Waals surface area contributed by atoms with Gasteiger partial charge in [-0.25, -0.2) is 4.99 Å². The molecule has 144 valence electrons. The van der Waals surface area contributed by atoms with Crippen molar-refractivity contribution < 1.29 is 9.53 Å². The molecule has 29 heavy (non-hydrogen) atoms. The predicted octanol–water partition coefficient (Wildman–Crippen LogP) is 5.49. The zero-order chi connectivity index (χ0) is 20.4. The lowest BCUT2D eigenvalue weighted by Crippen LogP contribution is -2.32. The summed E-state index contributed by atoms with van der Waals surface area (Å²) in [6.45, 7) is 2.01. The largest absolute Gasteiger partial charge is 0.497 e. The van der Waals surface area contributed by atoms with Crippen molar-refractivity contribution in [2.24, 2.45) is 4.99 Å². The van der Waals surface area contributed by atoms with Crippen molar-refractivity contribution >= 4 is 35.1 Å². The summed E-state index contributed by atoms with van der Waals surface area (Å²) in [5.41, 5.74) is 3.92. The quantitative estimate of drug-likeness (QED) is 0.541. The number of aryl methyl sites for hydroxylation is 1. The van der Waals surface area contributed by atoms with Crippen LogP contribution in [0.3, 0.4) is 0 Å². The summed E-state index contributed by atoms with van der Waals surface area (Å²) in [6, 6.07) is 22.6. The number of hydrogen-bond donors (Lipinski definition) is 0. The Labute approximate surface area is 174 Å². The van der Waals surface area contributed by atoms with Crippen LogP contribution in [0.1, 0.15) is 16.7 Å². The summed E-state index contributed by atoms with van der Waals surface area (Å²) in [5.74, 6) is 1.12. The second kappa shape index (κ2) is 7.94. The fourth-order valence-corrected chi connectivity index (χ4v) is 3.26. The fraction of sp³-hybridized carbons (Fsp3) is 0.0833. The lowest BCUT2D eigenvalue weighted by atomic mass is 10.1. The number of carbonyl (C=O) groups is 1. The molecule has 0 saturated carbocycles. The summed E-state index contributed by atoms with van der Waals surface area (Å²) >= 11 is 6.04. The lowest BCUT2D eigenvalue weighted by molar-refractivity contribution is -0.113. The van der Waals surface area contributed by atoms with E-state index in [-0.39, 0.29) is 5.91 Å². The van der Waals surface area contributed by atoms with Gasteiger partial charge in [0.05, 0.1) is 12.8 Å². The molecule has 3 aromatic carbocycles. The standard InChI is InChI=1S/C24H19ClN2O2/c1-16-6-12-20(13-7-16)27-23(18-8-10-19(25)11-9-18)26-22(24(27)28)15-17-4-3-5-21(14-17)29-2/h3-15H,1-2H3/b22-15+. The first-order valence-corrected chi connectivity index (χ1v) is 9.54. The Balaban J connectivity index is 1.81. The average Bonchev–Trinajstić information content (AvgIpc) is 3.05. The summed E-state index contributed by atoms with van der Waals surface area (Å²) in [6.07, 6.45) is 1.77. The molecule has 4 rings (SSSR count). The Bertz CT molecular complexity index is 1120. The molecule has 0 radical (unpaired) electrons. The highest BCUT2D eigenvalue weighted by molar-refractivity contribution is 6.34. The maximum Gasteiger partial charge on any atom is 0.282 e. The summed E-state index contributed by atoms with van der Waals surface area (Å²) in [5, 5.41) is 0.632. The first kappa shape index (κ1) is 19.0. The molecular formula is C24H19ClN2O2. The zero-order valence-corrected chi connectivity index (χ0v) is 16.9. The van der Waals surface area contributed by atoms with E-state index in [1.165, 1.54) is 0 Å². The zero-order valence-electron chi connectivity index (χ0n) is 16.1. The Hall–Kier alpha value is -3.37. The highest BCUT2D eigenvalue weighted by Crippen LogP contribution is 2.29. The fourth-order valence-electron chi connectivity index (χ4n) is 3.13. The van der Waals surface area contributed by atoms with Crippen LogP contribution >= 0.6 is 11.6 Å². The van der Waals surface area contributed by atoms with E-state index in [9.17, 15) is 4.79 Å². The first-order valence-electron chi connectivity index (χ1n) is 9.16. The Kier molecular flexibility index (Phi) is 5.19. The normalized spacial score (nSPS) is 15.0. The van der Waals surface area contributed by atoms with Gasteiger partial charge in [0.15, 0.2) is 0 Å². The van der Waals surface area contributed by atoms with E-state index in [1.807, 2.05) is 67.6 Å². The van der Waals surface area contributed by atoms with Crippen LogP contribution in [-0.2, 0) is 4.79 Å². The van der Waals surface area contributed by atoms with E-state index in [1.54, 1.807) is 30.2 Å². The van der Waals surface area contributed by atoms with E-state index in [2.05, 4.69) is 4.99 Å². The number of amides is 1. The predicted molar refractivity (Wildman–Crippen MR) is 118 cm³/mol. The Morgan fingerprint density at radius 3 is 2.41 bits per heavy atom. The number of ether oxygens (including phenoxy) is 1. The van der Waals surface area contributed by atoms with Crippen molar-refractivity contribution in [2.45, 2.75) is 6.92 Å². The van der Waals surface area contributed by atoms with Crippen LogP contribution in [0.25, 0.3) is 6.08 Å². The minimum atomic E-state index is -0.179. The molecule has 0 fully saturated rings. The molecule has 0 aliphatic carbocycles. The van der Waals surface area contributed by atoms with Crippen LogP contribution in [0.5, 0.6) is 5.75 Å². The van der Waals surface area contributed by atoms with Crippen molar-refractivity contribution in [1.29, 1.82) is 0 Å². The molecule has 0 unspecified atom stereocenters. The van der Waals surface area contributed by atoms with Crippen molar-refractivity contribution in [1.82, 2.24) is 0 Å². The summed E-state index contributed by atoms with van der Waals surface area (Å²) < 4.78 is 5.28. The maximum absolute atomic E-state index is 13.3. The number of anilines is 1. The molecule has 5 heteroatoms. The Morgan fingerprint density at radius 1 is 1.00 bits per heavy atom. The number of rotatable bonds is 4. The van der Waals surface area contributed by atoms with Crippen molar-refractivity contribution in [3.63, 3.8) is 0 Å². The molecule has 0 spiro atoms. The number of benzene rings is 3. The summed E-state index contributed by atoms with van der Waals surface area (Å²) in [7, 11) is 1.61. The third kappa shape index (κ3) is 3.93. The van der Waals surface area contributed by atoms with Gasteiger partial charge < -0.3 is 4.74 Å². The minimum Gasteiger partial charge on any atom is -0.497 e. The number of halogens is 1. The van der Waals surface area contributed by atoms with Crippen LogP contribution < -0.4 is 9.64 Å². The molecule has 0 aromatic heterocycles. The molecule has 1 heterocycles. The van der Waals surface area contributed by atoms with Gasteiger partial charge in [-0.2, -0.15) is 0 Å². The molecule has 0 atom stereocenters. The van der Waals surface area contributed by atoms with Gasteiger partial charge >= 0.3 is 0 Å². The molecule has 1 aliphatic heterocycles. The molecule has 4 nitrogen and oxygen atoms in total. The van der Waals surface area contributed by atoms with Crippen LogP contribution in [0.15, 0.2) is 83.5 Å². The molecule has 3 aromatic rings. The highest BCUT2D eigenvalue weighted by atomic mass is 35.5. The van der Waals surface area contributed by atoms with E-state index in [0.29, 0.717) is 16.6 Å². The molecule has 0 bridgehead atoms. The van der Waals surface area contributed by atoms with Gasteiger partial charge in [0.2, 0.25) is 0 Å². The number of hydrogen-bond acceptors (Lipinski definition) is 3. The molecule has 0 N–H and O–H groups in total. The second-order valence-electron chi connectivity index (χ2n) is 6.72. The molecular weight excluding hydrogens is 384 g/mol. The van der Waals surface area contributed by atoms with Gasteiger partial charge in [0.25, 0.3) is 5.91 Å². The molecule has 1 amide bonds. The average molecular weight is 403 g/mol. The SMILES string of the molecule is COc1cccc(/C=C2/N=C(c3ccc(Cl)cc3)N(c3ccc(C)cc3)C2=O)c1. The number of methoxy groups -OCH3 is 1. The van der Waals surface area contributed by atoms with Gasteiger partial charge in [0, 0.05) is 10.6 Å². The van der Waals surface area contributed by atoms with Crippen LogP contribution in [0.2, 0.25) is 5.02 Å². The monoisotopic (exact) mass is 402 g/mol. The van der Waals surface area contributed by atoms with E-state index >= 15 is 0 Å². The maximum atomic E-state index is 13.3. The van der Waals surface area contributed by atoms with Gasteiger partial charge in [-0.05, 0) is 67.1 Å². The minimum absolute atomic E-state index is 0.179. The number of amidine groups is 1. The first-order chi connectivity index (χ1) is 14.0. The smallest absolute Gasteiger partial charge is 0.282 e. The van der Waals surface area contributed by atoms with Gasteiger partial charge in [0.1, 0.15) is 17.3 Å². The van der Waals surface area contributed by atoms with Crippen molar-refractivity contribution in [2.75, 3.05) is 12.0 Å². The highest BCUT2D eigenvalue weighted by Gasteiger charge is 2.32. The van der Waals surface area contributed by atoms with Crippen molar-refractivity contribution in [3.05, 3.63) is 100 Å². The van der Waals surface area contributed by atoms with Crippen molar-refractivity contribution in [3.8, 4) is 5.75 Å². The topological polar surface area (TPSA) is 41.9 Å². The number of aliphatic imine (C=N–C) groups is 1. The van der Waals surface area contributed by atoms with E-state index in [4.69, 9.17) is 16.3 Å². The number of nitrogens with zero attached hydrogens (tertiary/aromatic N) is 2. The third-order valence-electron chi connectivity index (χ3n) is 4.65. The Morgan fingerprint density at radius 2 is 1.72 bits per heavy atom. The number of carbonyl (C=O) groups excluding carboxylic acids is 1. The lowest BCUT2D eigenvalue weighted by Gasteiger charge is -2.18. The molecule has 0 saturated heterocycles. The molecule has 1 aliphatic rings. The third-order valence-corrected chi connectivity index (χ3v) is 4.90. The van der Waals surface area contributed by atoms with Gasteiger partial charge in [-0.1, -0.05) is 41.4 Å². The van der Waals surface area contributed by atoms with Crippen LogP contribution in [-0.4, -0.2) is 18.9 Å². The van der Waals surface area contributed by atoms with E-state index < -0.39 is 0 Å². The second-order valence-corrected chi connectivity index (χ2v) is 7.16.